The van der Waals surface area contributed by atoms with Crippen LogP contribution in [0.25, 0.3) is 0 Å². The van der Waals surface area contributed by atoms with Gasteiger partial charge in [0.15, 0.2) is 5.75 Å². The molecule has 1 N–H and O–H groups in total. The van der Waals surface area contributed by atoms with Gasteiger partial charge in [-0.2, -0.15) is 0 Å². The van der Waals surface area contributed by atoms with Crippen molar-refractivity contribution in [2.24, 2.45) is 0 Å². The predicted molar refractivity (Wildman–Crippen MR) is 104 cm³/mol. The third-order valence-corrected chi connectivity index (χ3v) is 5.46. The van der Waals surface area contributed by atoms with Gasteiger partial charge in [0.25, 0.3) is 0 Å². The molecule has 0 atom stereocenters. The van der Waals surface area contributed by atoms with Gasteiger partial charge in [0, 0.05) is 24.4 Å². The summed E-state index contributed by atoms with van der Waals surface area (Å²) in [6, 6.07) is 5.26. The Balaban J connectivity index is 1.91. The highest BCUT2D eigenvalue weighted by atomic mass is 32.2. The molecule has 1 aromatic carbocycles. The van der Waals surface area contributed by atoms with Crippen LogP contribution in [0.5, 0.6) is 5.75 Å². The van der Waals surface area contributed by atoms with Crippen molar-refractivity contribution in [3.8, 4) is 5.75 Å². The van der Waals surface area contributed by atoms with Crippen molar-refractivity contribution in [2.45, 2.75) is 38.0 Å². The summed E-state index contributed by atoms with van der Waals surface area (Å²) in [7, 11) is 1.42. The van der Waals surface area contributed by atoms with Crippen LogP contribution in [0.2, 0.25) is 0 Å². The molecule has 0 spiro atoms. The summed E-state index contributed by atoms with van der Waals surface area (Å²) in [6.07, 6.45) is 2.95. The number of hydrogen-bond donors (Lipinski definition) is 1. The fraction of sp³-hybridized carbons (Fsp3) is 0.611. The van der Waals surface area contributed by atoms with Crippen LogP contribution < -0.4 is 10.1 Å². The summed E-state index contributed by atoms with van der Waals surface area (Å²) in [4.78, 5) is 25.3. The summed E-state index contributed by atoms with van der Waals surface area (Å²) >= 11 is 1.50. The summed E-state index contributed by atoms with van der Waals surface area (Å²) < 4.78 is 5.02. The molecule has 7 nitrogen and oxygen atoms in total. The number of piperidine rings is 1. The maximum absolute atomic E-state index is 12.7. The first-order valence-electron chi connectivity index (χ1n) is 8.96. The van der Waals surface area contributed by atoms with Gasteiger partial charge >= 0.3 is 5.69 Å². The minimum absolute atomic E-state index is 0.0424. The van der Waals surface area contributed by atoms with Crippen LogP contribution in [0.15, 0.2) is 18.2 Å². The fourth-order valence-electron chi connectivity index (χ4n) is 3.18. The van der Waals surface area contributed by atoms with Gasteiger partial charge in [0.05, 0.1) is 17.8 Å². The number of nitro groups is 1. The lowest BCUT2D eigenvalue weighted by atomic mass is 10.0. The minimum atomic E-state index is -0.446. The summed E-state index contributed by atoms with van der Waals surface area (Å²) in [5, 5.41) is 14.4. The SMILES string of the molecule is CCCN(C(=O)CSCc1ccc(OC)c([N+](=O)[O-])c1)C1CCNCC1. The number of carbonyl (C=O) groups is 1. The van der Waals surface area contributed by atoms with Crippen molar-refractivity contribution < 1.29 is 14.5 Å². The van der Waals surface area contributed by atoms with Crippen molar-refractivity contribution >= 4 is 23.4 Å². The summed E-state index contributed by atoms with van der Waals surface area (Å²) in [5.74, 6) is 1.36. The predicted octanol–water partition coefficient (Wildman–Crippen LogP) is 2.83. The Morgan fingerprint density at radius 1 is 1.42 bits per heavy atom. The van der Waals surface area contributed by atoms with Crippen molar-refractivity contribution in [2.75, 3.05) is 32.5 Å². The lowest BCUT2D eigenvalue weighted by Crippen LogP contribution is -2.47. The zero-order valence-corrected chi connectivity index (χ0v) is 16.2. The number of thioether (sulfide) groups is 1. The van der Waals surface area contributed by atoms with Gasteiger partial charge in [-0.15, -0.1) is 11.8 Å². The summed E-state index contributed by atoms with van der Waals surface area (Å²) in [6.45, 7) is 4.80. The molecule has 0 aromatic heterocycles. The first-order chi connectivity index (χ1) is 12.6. The van der Waals surface area contributed by atoms with Crippen molar-refractivity contribution in [3.05, 3.63) is 33.9 Å². The molecule has 0 unspecified atom stereocenters. The molecular formula is C18H27N3O4S. The average Bonchev–Trinajstić information content (AvgIpc) is 2.66. The number of ether oxygens (including phenoxy) is 1. The zero-order valence-electron chi connectivity index (χ0n) is 15.4. The highest BCUT2D eigenvalue weighted by molar-refractivity contribution is 7.99. The Labute approximate surface area is 158 Å². The smallest absolute Gasteiger partial charge is 0.311 e. The van der Waals surface area contributed by atoms with Gasteiger partial charge < -0.3 is 15.0 Å². The second-order valence-corrected chi connectivity index (χ2v) is 7.31. The fourth-order valence-corrected chi connectivity index (χ4v) is 4.04. The van der Waals surface area contributed by atoms with Crippen molar-refractivity contribution in [3.63, 3.8) is 0 Å². The van der Waals surface area contributed by atoms with Crippen LogP contribution in [-0.4, -0.2) is 54.3 Å². The van der Waals surface area contributed by atoms with E-state index in [1.54, 1.807) is 12.1 Å². The Morgan fingerprint density at radius 2 is 2.15 bits per heavy atom. The monoisotopic (exact) mass is 381 g/mol. The molecule has 26 heavy (non-hydrogen) atoms. The normalized spacial score (nSPS) is 14.8. The molecule has 0 saturated carbocycles. The van der Waals surface area contributed by atoms with Gasteiger partial charge in [-0.3, -0.25) is 14.9 Å². The number of methoxy groups -OCH3 is 1. The molecule has 2 rings (SSSR count). The zero-order chi connectivity index (χ0) is 18.9. The Hall–Kier alpha value is -1.80. The highest BCUT2D eigenvalue weighted by Gasteiger charge is 2.24. The number of nitrogens with one attached hydrogen (secondary N) is 1. The molecule has 0 bridgehead atoms. The molecule has 1 amide bonds. The molecule has 144 valence electrons. The number of nitrogens with zero attached hydrogens (tertiary/aromatic N) is 2. The number of benzene rings is 1. The van der Waals surface area contributed by atoms with Gasteiger partial charge in [0.1, 0.15) is 0 Å². The van der Waals surface area contributed by atoms with Crippen molar-refractivity contribution in [1.82, 2.24) is 10.2 Å². The van der Waals surface area contributed by atoms with Crippen LogP contribution in [0, 0.1) is 10.1 Å². The van der Waals surface area contributed by atoms with E-state index in [4.69, 9.17) is 4.74 Å². The van der Waals surface area contributed by atoms with E-state index in [9.17, 15) is 14.9 Å². The van der Waals surface area contributed by atoms with Crippen LogP contribution in [0.4, 0.5) is 5.69 Å². The minimum Gasteiger partial charge on any atom is -0.490 e. The quantitative estimate of drug-likeness (QED) is 0.523. The largest absolute Gasteiger partial charge is 0.490 e. The molecule has 1 aliphatic rings. The Bertz CT molecular complexity index is 620. The second-order valence-electron chi connectivity index (χ2n) is 6.32. The topological polar surface area (TPSA) is 84.7 Å². The van der Waals surface area contributed by atoms with E-state index < -0.39 is 4.92 Å². The second kappa shape index (κ2) is 10.4. The molecule has 1 fully saturated rings. The molecule has 1 heterocycles. The molecule has 1 aromatic rings. The van der Waals surface area contributed by atoms with E-state index in [0.717, 1.165) is 44.5 Å². The van der Waals surface area contributed by atoms with Gasteiger partial charge in [-0.05, 0) is 44.0 Å². The van der Waals surface area contributed by atoms with E-state index in [-0.39, 0.29) is 17.3 Å². The lowest BCUT2D eigenvalue weighted by molar-refractivity contribution is -0.385. The van der Waals surface area contributed by atoms with Gasteiger partial charge in [0.2, 0.25) is 5.91 Å². The van der Waals surface area contributed by atoms with E-state index in [1.807, 2.05) is 4.90 Å². The van der Waals surface area contributed by atoms with Gasteiger partial charge in [-0.1, -0.05) is 13.0 Å². The van der Waals surface area contributed by atoms with Crippen molar-refractivity contribution in [1.29, 1.82) is 0 Å². The van der Waals surface area contributed by atoms with E-state index in [1.165, 1.54) is 24.9 Å². The van der Waals surface area contributed by atoms with Crippen LogP contribution in [-0.2, 0) is 10.5 Å². The number of amides is 1. The average molecular weight is 381 g/mol. The number of hydrogen-bond acceptors (Lipinski definition) is 6. The van der Waals surface area contributed by atoms with Crippen LogP contribution in [0.1, 0.15) is 31.7 Å². The molecule has 0 aliphatic carbocycles. The number of nitro benzene ring substituents is 1. The first-order valence-corrected chi connectivity index (χ1v) is 10.1. The lowest BCUT2D eigenvalue weighted by Gasteiger charge is -2.34. The molecule has 8 heteroatoms. The summed E-state index contributed by atoms with van der Waals surface area (Å²) in [5.41, 5.74) is 0.776. The maximum Gasteiger partial charge on any atom is 0.311 e. The van der Waals surface area contributed by atoms with E-state index in [0.29, 0.717) is 17.5 Å². The van der Waals surface area contributed by atoms with Crippen LogP contribution >= 0.6 is 11.8 Å². The van der Waals surface area contributed by atoms with E-state index in [2.05, 4.69) is 12.2 Å². The van der Waals surface area contributed by atoms with Crippen LogP contribution in [0.3, 0.4) is 0 Å². The third-order valence-electron chi connectivity index (χ3n) is 4.47. The number of carbonyl (C=O) groups excluding carboxylic acids is 1. The molecule has 1 aliphatic heterocycles. The Kier molecular flexibility index (Phi) is 8.18. The maximum atomic E-state index is 12.7. The molecule has 0 radical (unpaired) electrons. The highest BCUT2D eigenvalue weighted by Crippen LogP contribution is 2.29. The first kappa shape index (κ1) is 20.5. The Morgan fingerprint density at radius 3 is 2.77 bits per heavy atom. The standard InChI is InChI=1S/C18H27N3O4S/c1-3-10-20(15-6-8-19-9-7-15)18(22)13-26-12-14-4-5-17(25-2)16(11-14)21(23)24/h4-5,11,15,19H,3,6-10,12-13H2,1-2H3. The molecule has 1 saturated heterocycles. The van der Waals surface area contributed by atoms with Gasteiger partial charge in [-0.25, -0.2) is 0 Å². The van der Waals surface area contributed by atoms with E-state index >= 15 is 0 Å². The molecular weight excluding hydrogens is 354 g/mol. The number of rotatable bonds is 9. The third kappa shape index (κ3) is 5.60.